The van der Waals surface area contributed by atoms with Crippen molar-refractivity contribution in [2.24, 2.45) is 0 Å². The average molecular weight is 403 g/mol. The lowest BCUT2D eigenvalue weighted by molar-refractivity contribution is -0.384. The highest BCUT2D eigenvalue weighted by Crippen LogP contribution is 2.24. The standard InChI is InChI=1S/C18H21N5O4S/c1-18(2,3)19-16(24)15-10-28-11-21(15)17(25)14-7-8-22(20-14)12-5-4-6-13(9-12)23(26)27/h4-9,15H,10-11H2,1-3H3,(H,19,24). The first kappa shape index (κ1) is 19.9. The average Bonchev–Trinajstić information content (AvgIpc) is 3.29. The van der Waals surface area contributed by atoms with Gasteiger partial charge >= 0.3 is 0 Å². The van der Waals surface area contributed by atoms with Crippen LogP contribution in [0.4, 0.5) is 5.69 Å². The highest BCUT2D eigenvalue weighted by molar-refractivity contribution is 7.99. The van der Waals surface area contributed by atoms with Gasteiger partial charge in [0.2, 0.25) is 5.91 Å². The lowest BCUT2D eigenvalue weighted by Gasteiger charge is -2.27. The topological polar surface area (TPSA) is 110 Å². The normalized spacial score (nSPS) is 16.8. The summed E-state index contributed by atoms with van der Waals surface area (Å²) in [6, 6.07) is 6.98. The van der Waals surface area contributed by atoms with Gasteiger partial charge in [0.05, 0.1) is 16.5 Å². The second-order valence-corrected chi connectivity index (χ2v) is 8.45. The molecule has 28 heavy (non-hydrogen) atoms. The second-order valence-electron chi connectivity index (χ2n) is 7.45. The van der Waals surface area contributed by atoms with Crippen molar-refractivity contribution in [1.29, 1.82) is 0 Å². The minimum absolute atomic E-state index is 0.0595. The summed E-state index contributed by atoms with van der Waals surface area (Å²) in [6.45, 7) is 5.67. The number of nitrogens with one attached hydrogen (secondary N) is 1. The minimum Gasteiger partial charge on any atom is -0.350 e. The highest BCUT2D eigenvalue weighted by Gasteiger charge is 2.37. The minimum atomic E-state index is -0.556. The Kier molecular flexibility index (Phi) is 5.41. The number of aromatic nitrogens is 2. The number of carbonyl (C=O) groups is 2. The van der Waals surface area contributed by atoms with Gasteiger partial charge in [0.25, 0.3) is 11.6 Å². The maximum atomic E-state index is 12.9. The van der Waals surface area contributed by atoms with Gasteiger partial charge in [0.15, 0.2) is 5.69 Å². The summed E-state index contributed by atoms with van der Waals surface area (Å²) in [6.07, 6.45) is 1.57. The zero-order valence-corrected chi connectivity index (χ0v) is 16.6. The number of amides is 2. The maximum absolute atomic E-state index is 12.9. The van der Waals surface area contributed by atoms with Crippen LogP contribution in [0.1, 0.15) is 31.3 Å². The number of hydrogen-bond acceptors (Lipinski definition) is 6. The van der Waals surface area contributed by atoms with Crippen molar-refractivity contribution in [3.8, 4) is 5.69 Å². The summed E-state index contributed by atoms with van der Waals surface area (Å²) in [7, 11) is 0. The molecular formula is C18H21N5O4S. The monoisotopic (exact) mass is 403 g/mol. The largest absolute Gasteiger partial charge is 0.350 e. The number of rotatable bonds is 4. The van der Waals surface area contributed by atoms with Gasteiger partial charge < -0.3 is 10.2 Å². The molecule has 1 atom stereocenters. The Morgan fingerprint density at radius 1 is 1.32 bits per heavy atom. The molecule has 0 bridgehead atoms. The number of carbonyl (C=O) groups excluding carboxylic acids is 2. The molecule has 0 saturated carbocycles. The predicted octanol–water partition coefficient (Wildman–Crippen LogP) is 2.21. The van der Waals surface area contributed by atoms with Crippen molar-refractivity contribution in [3.63, 3.8) is 0 Å². The summed E-state index contributed by atoms with van der Waals surface area (Å²) < 4.78 is 1.41. The molecule has 1 unspecified atom stereocenters. The van der Waals surface area contributed by atoms with Gasteiger partial charge in [-0.25, -0.2) is 4.68 Å². The highest BCUT2D eigenvalue weighted by atomic mass is 32.2. The van der Waals surface area contributed by atoms with Gasteiger partial charge in [0, 0.05) is 29.6 Å². The second kappa shape index (κ2) is 7.63. The number of thioether (sulfide) groups is 1. The third kappa shape index (κ3) is 4.33. The zero-order valence-electron chi connectivity index (χ0n) is 15.8. The number of benzene rings is 1. The van der Waals surface area contributed by atoms with Crippen molar-refractivity contribution in [2.45, 2.75) is 32.4 Å². The first-order valence-corrected chi connectivity index (χ1v) is 9.82. The molecule has 148 valence electrons. The number of nitro groups is 1. The fourth-order valence-electron chi connectivity index (χ4n) is 2.79. The van der Waals surface area contributed by atoms with E-state index in [1.54, 1.807) is 24.4 Å². The Hall–Kier alpha value is -2.88. The van der Waals surface area contributed by atoms with E-state index < -0.39 is 11.0 Å². The van der Waals surface area contributed by atoms with E-state index in [9.17, 15) is 19.7 Å². The Bertz CT molecular complexity index is 921. The number of non-ortho nitro benzene ring substituents is 1. The first-order chi connectivity index (χ1) is 13.2. The van der Waals surface area contributed by atoms with Crippen LogP contribution < -0.4 is 5.32 Å². The Balaban J connectivity index is 1.79. The number of nitro benzene ring substituents is 1. The van der Waals surface area contributed by atoms with E-state index in [1.807, 2.05) is 20.8 Å². The van der Waals surface area contributed by atoms with Crippen LogP contribution in [0.3, 0.4) is 0 Å². The van der Waals surface area contributed by atoms with Crippen molar-refractivity contribution < 1.29 is 14.5 Å². The Labute approximate surface area is 166 Å². The Morgan fingerprint density at radius 2 is 2.07 bits per heavy atom. The lowest BCUT2D eigenvalue weighted by Crippen LogP contribution is -2.52. The van der Waals surface area contributed by atoms with E-state index in [2.05, 4.69) is 10.4 Å². The molecule has 1 aromatic heterocycles. The summed E-state index contributed by atoms with van der Waals surface area (Å²) >= 11 is 1.51. The van der Waals surface area contributed by atoms with Crippen molar-refractivity contribution in [3.05, 3.63) is 52.3 Å². The van der Waals surface area contributed by atoms with Crippen LogP contribution in [0.15, 0.2) is 36.5 Å². The molecule has 2 aromatic rings. The number of nitrogens with zero attached hydrogens (tertiary/aromatic N) is 4. The van der Waals surface area contributed by atoms with Crippen LogP contribution in [0.2, 0.25) is 0 Å². The third-order valence-corrected chi connectivity index (χ3v) is 5.07. The predicted molar refractivity (Wildman–Crippen MR) is 105 cm³/mol. The third-order valence-electron chi connectivity index (χ3n) is 4.06. The van der Waals surface area contributed by atoms with Crippen molar-refractivity contribution >= 4 is 29.3 Å². The molecule has 0 spiro atoms. The molecule has 2 amide bonds. The van der Waals surface area contributed by atoms with E-state index in [4.69, 9.17) is 0 Å². The molecule has 1 aromatic carbocycles. The molecule has 10 heteroatoms. The van der Waals surface area contributed by atoms with Crippen molar-refractivity contribution in [2.75, 3.05) is 11.6 Å². The molecule has 0 aliphatic carbocycles. The van der Waals surface area contributed by atoms with Crippen LogP contribution in [0, 0.1) is 10.1 Å². The molecule has 2 heterocycles. The molecule has 1 fully saturated rings. The van der Waals surface area contributed by atoms with Crippen LogP contribution >= 0.6 is 11.8 Å². The summed E-state index contributed by atoms with van der Waals surface area (Å²) in [5, 5.41) is 18.1. The summed E-state index contributed by atoms with van der Waals surface area (Å²) in [5.74, 6) is 0.400. The molecule has 1 aliphatic rings. The molecule has 0 radical (unpaired) electrons. The van der Waals surface area contributed by atoms with Gasteiger partial charge in [0.1, 0.15) is 6.04 Å². The van der Waals surface area contributed by atoms with Crippen LogP contribution in [0.5, 0.6) is 0 Å². The molecule has 1 saturated heterocycles. The quantitative estimate of drug-likeness (QED) is 0.619. The maximum Gasteiger partial charge on any atom is 0.275 e. The number of hydrogen-bond donors (Lipinski definition) is 1. The van der Waals surface area contributed by atoms with E-state index in [-0.39, 0.29) is 28.7 Å². The molecule has 1 N–H and O–H groups in total. The van der Waals surface area contributed by atoms with E-state index in [1.165, 1.54) is 33.5 Å². The SMILES string of the molecule is CC(C)(C)NC(=O)C1CSCN1C(=O)c1ccn(-c2cccc([N+](=O)[O-])c2)n1. The summed E-state index contributed by atoms with van der Waals surface area (Å²) in [4.78, 5) is 37.4. The molecule has 1 aliphatic heterocycles. The van der Waals surface area contributed by atoms with Crippen LogP contribution in [0.25, 0.3) is 5.69 Å². The van der Waals surface area contributed by atoms with E-state index in [0.29, 0.717) is 17.3 Å². The van der Waals surface area contributed by atoms with Gasteiger partial charge in [-0.3, -0.25) is 19.7 Å². The lowest BCUT2D eigenvalue weighted by atomic mass is 10.1. The van der Waals surface area contributed by atoms with E-state index >= 15 is 0 Å². The first-order valence-electron chi connectivity index (χ1n) is 8.67. The van der Waals surface area contributed by atoms with Crippen molar-refractivity contribution in [1.82, 2.24) is 20.0 Å². The van der Waals surface area contributed by atoms with E-state index in [0.717, 1.165) is 0 Å². The molecular weight excluding hydrogens is 382 g/mol. The molecule has 3 rings (SSSR count). The zero-order chi connectivity index (χ0) is 20.5. The van der Waals surface area contributed by atoms with Gasteiger partial charge in [-0.2, -0.15) is 5.10 Å². The smallest absolute Gasteiger partial charge is 0.275 e. The Morgan fingerprint density at radius 3 is 2.75 bits per heavy atom. The van der Waals surface area contributed by atoms with Gasteiger partial charge in [-0.1, -0.05) is 6.07 Å². The van der Waals surface area contributed by atoms with Gasteiger partial charge in [-0.05, 0) is 32.9 Å². The molecule has 9 nitrogen and oxygen atoms in total. The summed E-state index contributed by atoms with van der Waals surface area (Å²) in [5.41, 5.74) is 0.215. The fraction of sp³-hybridized carbons (Fsp3) is 0.389. The van der Waals surface area contributed by atoms with Crippen LogP contribution in [-0.2, 0) is 4.79 Å². The fourth-order valence-corrected chi connectivity index (χ4v) is 3.94. The van der Waals surface area contributed by atoms with Crippen LogP contribution in [-0.4, -0.2) is 54.6 Å². The van der Waals surface area contributed by atoms with Gasteiger partial charge in [-0.15, -0.1) is 11.8 Å².